The molecule has 3 N–H and O–H groups in total. The van der Waals surface area contributed by atoms with Crippen molar-refractivity contribution in [2.75, 3.05) is 5.32 Å². The number of rotatable bonds is 5. The second kappa shape index (κ2) is 10.0. The van der Waals surface area contributed by atoms with E-state index in [2.05, 4.69) is 21.2 Å². The molecule has 2 rings (SSSR count). The number of hydrogen-bond acceptors (Lipinski definition) is 4. The predicted octanol–water partition coefficient (Wildman–Crippen LogP) is 2.98. The van der Waals surface area contributed by atoms with Crippen LogP contribution in [0.2, 0.25) is 0 Å². The van der Waals surface area contributed by atoms with Crippen molar-refractivity contribution in [3.63, 3.8) is 0 Å². The number of hydrazone groups is 1. The van der Waals surface area contributed by atoms with Crippen LogP contribution in [0.3, 0.4) is 0 Å². The number of benzene rings is 1. The van der Waals surface area contributed by atoms with E-state index in [0.717, 1.165) is 44.2 Å². The van der Waals surface area contributed by atoms with Crippen LogP contribution in [-0.4, -0.2) is 29.5 Å². The third kappa shape index (κ3) is 7.55. The van der Waals surface area contributed by atoms with Crippen molar-refractivity contribution in [3.05, 3.63) is 29.8 Å². The van der Waals surface area contributed by atoms with Gasteiger partial charge in [0.2, 0.25) is 5.91 Å². The van der Waals surface area contributed by atoms with Crippen molar-refractivity contribution >= 4 is 29.1 Å². The minimum atomic E-state index is -4.51. The molecular weight excluding hydrogens is 389 g/mol. The molecule has 29 heavy (non-hydrogen) atoms. The summed E-state index contributed by atoms with van der Waals surface area (Å²) in [6.07, 6.45) is 0.00959. The number of hydrogen-bond donors (Lipinski definition) is 3. The Hall–Kier alpha value is -2.91. The van der Waals surface area contributed by atoms with Gasteiger partial charge in [0.25, 0.3) is 0 Å². The molecule has 1 aliphatic rings. The number of carbonyl (C=O) groups excluding carboxylic acids is 3. The first kappa shape index (κ1) is 22.4. The fourth-order valence-corrected chi connectivity index (χ4v) is 2.95. The minimum Gasteiger partial charge on any atom is -0.345 e. The first-order chi connectivity index (χ1) is 13.6. The van der Waals surface area contributed by atoms with Crippen LogP contribution >= 0.6 is 0 Å². The van der Waals surface area contributed by atoms with Crippen LogP contribution in [-0.2, 0) is 20.6 Å². The van der Waals surface area contributed by atoms with E-state index in [4.69, 9.17) is 0 Å². The number of halogens is 3. The second-order valence-corrected chi connectivity index (χ2v) is 6.90. The molecule has 158 valence electrons. The van der Waals surface area contributed by atoms with Gasteiger partial charge < -0.3 is 10.6 Å². The van der Waals surface area contributed by atoms with Gasteiger partial charge in [0.1, 0.15) is 0 Å². The molecule has 7 nitrogen and oxygen atoms in total. The Balaban J connectivity index is 1.81. The summed E-state index contributed by atoms with van der Waals surface area (Å²) in [6.45, 7) is 1.45. The van der Waals surface area contributed by atoms with Gasteiger partial charge in [-0.3, -0.25) is 14.4 Å². The first-order valence-electron chi connectivity index (χ1n) is 9.26. The van der Waals surface area contributed by atoms with Crippen LogP contribution in [0.15, 0.2) is 29.4 Å². The van der Waals surface area contributed by atoms with E-state index >= 15 is 0 Å². The Kier molecular flexibility index (Phi) is 7.74. The summed E-state index contributed by atoms with van der Waals surface area (Å²) in [7, 11) is 0. The molecule has 1 fully saturated rings. The number of carbonyl (C=O) groups is 3. The molecule has 0 aliphatic heterocycles. The number of nitrogens with one attached hydrogen (secondary N) is 3. The Bertz CT molecular complexity index is 787. The van der Waals surface area contributed by atoms with Gasteiger partial charge >= 0.3 is 18.0 Å². The van der Waals surface area contributed by atoms with Crippen molar-refractivity contribution in [2.24, 2.45) is 5.10 Å². The average Bonchev–Trinajstić information content (AvgIpc) is 2.66. The predicted molar refractivity (Wildman–Crippen MR) is 101 cm³/mol. The van der Waals surface area contributed by atoms with E-state index in [1.807, 2.05) is 0 Å². The van der Waals surface area contributed by atoms with Gasteiger partial charge in [-0.15, -0.1) is 0 Å². The summed E-state index contributed by atoms with van der Waals surface area (Å²) in [5.74, 6) is -2.33. The molecule has 0 spiro atoms. The summed E-state index contributed by atoms with van der Waals surface area (Å²) < 4.78 is 38.1. The molecule has 1 aromatic carbocycles. The Morgan fingerprint density at radius 2 is 1.79 bits per heavy atom. The van der Waals surface area contributed by atoms with E-state index < -0.39 is 29.5 Å². The number of alkyl halides is 3. The molecule has 0 radical (unpaired) electrons. The SMILES string of the molecule is CC(CC(=O)Nc1cccc(C(F)(F)F)c1)=NNC(=O)C(=O)NC1CCCCC1. The van der Waals surface area contributed by atoms with Gasteiger partial charge in [0, 0.05) is 17.4 Å². The number of anilines is 1. The maximum atomic E-state index is 12.7. The first-order valence-corrected chi connectivity index (χ1v) is 9.26. The maximum absolute atomic E-state index is 12.7. The molecule has 0 saturated heterocycles. The van der Waals surface area contributed by atoms with Crippen LogP contribution in [0, 0.1) is 0 Å². The monoisotopic (exact) mass is 412 g/mol. The molecule has 0 aromatic heterocycles. The Morgan fingerprint density at radius 3 is 2.45 bits per heavy atom. The van der Waals surface area contributed by atoms with Gasteiger partial charge in [-0.2, -0.15) is 18.3 Å². The number of amides is 3. The summed E-state index contributed by atoms with van der Waals surface area (Å²) >= 11 is 0. The maximum Gasteiger partial charge on any atom is 0.416 e. The van der Waals surface area contributed by atoms with Crippen LogP contribution in [0.25, 0.3) is 0 Å². The minimum absolute atomic E-state index is 0.00600. The zero-order chi connectivity index (χ0) is 21.4. The van der Waals surface area contributed by atoms with Crippen LogP contribution in [0.1, 0.15) is 51.0 Å². The molecule has 1 saturated carbocycles. The van der Waals surface area contributed by atoms with E-state index in [1.54, 1.807) is 0 Å². The lowest BCUT2D eigenvalue weighted by molar-refractivity contribution is -0.139. The lowest BCUT2D eigenvalue weighted by atomic mass is 9.95. The van der Waals surface area contributed by atoms with Gasteiger partial charge in [-0.05, 0) is 38.0 Å². The fraction of sp³-hybridized carbons (Fsp3) is 0.474. The molecule has 0 heterocycles. The lowest BCUT2D eigenvalue weighted by Crippen LogP contribution is -2.44. The van der Waals surface area contributed by atoms with Crippen molar-refractivity contribution in [2.45, 2.75) is 57.7 Å². The summed E-state index contributed by atoms with van der Waals surface area (Å²) in [5.41, 5.74) is 1.38. The van der Waals surface area contributed by atoms with Gasteiger partial charge in [-0.25, -0.2) is 5.43 Å². The van der Waals surface area contributed by atoms with Crippen LogP contribution < -0.4 is 16.1 Å². The van der Waals surface area contributed by atoms with Gasteiger partial charge in [0.15, 0.2) is 0 Å². The number of nitrogens with zero attached hydrogens (tertiary/aromatic N) is 1. The van der Waals surface area contributed by atoms with Gasteiger partial charge in [0.05, 0.1) is 12.0 Å². The molecule has 0 bridgehead atoms. The molecule has 0 atom stereocenters. The highest BCUT2D eigenvalue weighted by molar-refractivity contribution is 6.35. The van der Waals surface area contributed by atoms with Crippen molar-refractivity contribution in [1.82, 2.24) is 10.7 Å². The summed E-state index contributed by atoms with van der Waals surface area (Å²) in [5, 5.41) is 8.67. The van der Waals surface area contributed by atoms with E-state index in [-0.39, 0.29) is 23.9 Å². The fourth-order valence-electron chi connectivity index (χ4n) is 2.95. The lowest BCUT2D eigenvalue weighted by Gasteiger charge is -2.22. The third-order valence-electron chi connectivity index (χ3n) is 4.38. The molecular formula is C19H23F3N4O3. The smallest absolute Gasteiger partial charge is 0.345 e. The van der Waals surface area contributed by atoms with E-state index in [1.165, 1.54) is 19.1 Å². The molecule has 3 amide bonds. The molecule has 1 aromatic rings. The largest absolute Gasteiger partial charge is 0.416 e. The highest BCUT2D eigenvalue weighted by Crippen LogP contribution is 2.30. The third-order valence-corrected chi connectivity index (χ3v) is 4.38. The van der Waals surface area contributed by atoms with Crippen molar-refractivity contribution in [3.8, 4) is 0 Å². The quantitative estimate of drug-likeness (QED) is 0.394. The van der Waals surface area contributed by atoms with Crippen molar-refractivity contribution < 1.29 is 27.6 Å². The van der Waals surface area contributed by atoms with Crippen LogP contribution in [0.4, 0.5) is 18.9 Å². The summed E-state index contributed by atoms with van der Waals surface area (Å²) in [4.78, 5) is 35.6. The summed E-state index contributed by atoms with van der Waals surface area (Å²) in [6, 6.07) is 4.21. The second-order valence-electron chi connectivity index (χ2n) is 6.90. The average molecular weight is 412 g/mol. The van der Waals surface area contributed by atoms with E-state index in [9.17, 15) is 27.6 Å². The standard InChI is InChI=1S/C19H23F3N4O3/c1-12(25-26-18(29)17(28)24-14-7-3-2-4-8-14)10-16(27)23-15-9-5-6-13(11-15)19(20,21)22/h5-6,9,11,14H,2-4,7-8,10H2,1H3,(H,23,27)(H,24,28)(H,26,29). The van der Waals surface area contributed by atoms with E-state index in [0.29, 0.717) is 0 Å². The molecule has 10 heteroatoms. The highest BCUT2D eigenvalue weighted by atomic mass is 19.4. The topological polar surface area (TPSA) is 99.7 Å². The molecule has 1 aliphatic carbocycles. The zero-order valence-corrected chi connectivity index (χ0v) is 15.9. The zero-order valence-electron chi connectivity index (χ0n) is 15.9. The normalized spacial score (nSPS) is 15.5. The van der Waals surface area contributed by atoms with Crippen LogP contribution in [0.5, 0.6) is 0 Å². The Labute approximate surface area is 166 Å². The molecule has 0 unspecified atom stereocenters. The van der Waals surface area contributed by atoms with Crippen molar-refractivity contribution in [1.29, 1.82) is 0 Å². The Morgan fingerprint density at radius 1 is 1.10 bits per heavy atom. The van der Waals surface area contributed by atoms with Gasteiger partial charge in [-0.1, -0.05) is 25.3 Å². The highest BCUT2D eigenvalue weighted by Gasteiger charge is 2.30.